The Morgan fingerprint density at radius 3 is 1.96 bits per heavy atom. The molecular formula is C20H24O5. The quantitative estimate of drug-likeness (QED) is 0.475. The smallest absolute Gasteiger partial charge is 0.335 e. The normalized spacial score (nSPS) is 19.4. The second kappa shape index (κ2) is 6.47. The fourth-order valence-corrected chi connectivity index (χ4v) is 2.96. The van der Waals surface area contributed by atoms with Crippen molar-refractivity contribution in [3.8, 4) is 0 Å². The van der Waals surface area contributed by atoms with Gasteiger partial charge in [0.2, 0.25) is 5.41 Å². The SMILES string of the molecule is CC(C)=CC(=O)C1(C(C)c2ccc(C)cc2)C(=O)OC(C)(C)OC1=O. The van der Waals surface area contributed by atoms with Crippen molar-refractivity contribution >= 4 is 17.7 Å². The van der Waals surface area contributed by atoms with Crippen LogP contribution >= 0.6 is 0 Å². The van der Waals surface area contributed by atoms with E-state index in [1.807, 2.05) is 19.1 Å². The van der Waals surface area contributed by atoms with Crippen LogP contribution in [0.15, 0.2) is 35.9 Å². The molecule has 0 bridgehead atoms. The fraction of sp³-hybridized carbons (Fsp3) is 0.450. The summed E-state index contributed by atoms with van der Waals surface area (Å²) in [6.07, 6.45) is 1.30. The molecule has 5 nitrogen and oxygen atoms in total. The first-order valence-corrected chi connectivity index (χ1v) is 8.23. The van der Waals surface area contributed by atoms with E-state index in [-0.39, 0.29) is 0 Å². The molecule has 1 unspecified atom stereocenters. The van der Waals surface area contributed by atoms with E-state index >= 15 is 0 Å². The summed E-state index contributed by atoms with van der Waals surface area (Å²) < 4.78 is 10.6. The Bertz CT molecular complexity index is 716. The Morgan fingerprint density at radius 1 is 1.04 bits per heavy atom. The van der Waals surface area contributed by atoms with Crippen LogP contribution in [0.5, 0.6) is 0 Å². The van der Waals surface area contributed by atoms with Crippen LogP contribution in [0.3, 0.4) is 0 Å². The monoisotopic (exact) mass is 344 g/mol. The van der Waals surface area contributed by atoms with Crippen LogP contribution in [0, 0.1) is 12.3 Å². The molecule has 0 radical (unpaired) electrons. The van der Waals surface area contributed by atoms with Gasteiger partial charge < -0.3 is 9.47 Å². The maximum absolute atomic E-state index is 13.0. The van der Waals surface area contributed by atoms with Crippen LogP contribution in [0.4, 0.5) is 0 Å². The summed E-state index contributed by atoms with van der Waals surface area (Å²) in [5, 5.41) is 0. The van der Waals surface area contributed by atoms with Crippen molar-refractivity contribution in [2.75, 3.05) is 0 Å². The summed E-state index contributed by atoms with van der Waals surface area (Å²) in [6, 6.07) is 7.35. The molecule has 1 fully saturated rings. The van der Waals surface area contributed by atoms with Crippen LogP contribution in [-0.4, -0.2) is 23.5 Å². The first-order chi connectivity index (χ1) is 11.5. The van der Waals surface area contributed by atoms with Gasteiger partial charge in [-0.1, -0.05) is 42.3 Å². The minimum absolute atomic E-state index is 0.619. The minimum atomic E-state index is -2.04. The molecule has 0 N–H and O–H groups in total. The number of ether oxygens (including phenoxy) is 2. The van der Waals surface area contributed by atoms with Crippen molar-refractivity contribution in [2.45, 2.75) is 53.2 Å². The molecular weight excluding hydrogens is 320 g/mol. The second-order valence-corrected chi connectivity index (χ2v) is 7.21. The topological polar surface area (TPSA) is 69.7 Å². The van der Waals surface area contributed by atoms with Gasteiger partial charge in [0.05, 0.1) is 0 Å². The zero-order chi connectivity index (χ0) is 19.0. The molecule has 0 amide bonds. The molecule has 1 atom stereocenters. The Labute approximate surface area is 148 Å². The highest BCUT2D eigenvalue weighted by molar-refractivity contribution is 6.25. The number of carbonyl (C=O) groups excluding carboxylic acids is 3. The highest BCUT2D eigenvalue weighted by Gasteiger charge is 2.63. The molecule has 0 spiro atoms. The van der Waals surface area contributed by atoms with Crippen LogP contribution in [0.25, 0.3) is 0 Å². The van der Waals surface area contributed by atoms with E-state index in [2.05, 4.69) is 0 Å². The van der Waals surface area contributed by atoms with Gasteiger partial charge >= 0.3 is 11.9 Å². The van der Waals surface area contributed by atoms with Gasteiger partial charge in [-0.05, 0) is 32.4 Å². The van der Waals surface area contributed by atoms with Gasteiger partial charge in [-0.25, -0.2) is 0 Å². The Balaban J connectivity index is 2.63. The van der Waals surface area contributed by atoms with E-state index in [0.717, 1.165) is 5.56 Å². The lowest BCUT2D eigenvalue weighted by Crippen LogP contribution is -2.59. The van der Waals surface area contributed by atoms with Gasteiger partial charge in [-0.3, -0.25) is 14.4 Å². The number of esters is 2. The van der Waals surface area contributed by atoms with E-state index < -0.39 is 34.8 Å². The third-order valence-corrected chi connectivity index (χ3v) is 4.36. The number of hydrogen-bond acceptors (Lipinski definition) is 5. The maximum Gasteiger partial charge on any atom is 0.335 e. The molecule has 1 aromatic rings. The summed E-state index contributed by atoms with van der Waals surface area (Å²) >= 11 is 0. The van der Waals surface area contributed by atoms with Crippen molar-refractivity contribution < 1.29 is 23.9 Å². The predicted molar refractivity (Wildman–Crippen MR) is 92.7 cm³/mol. The van der Waals surface area contributed by atoms with Crippen molar-refractivity contribution in [1.82, 2.24) is 0 Å². The second-order valence-electron chi connectivity index (χ2n) is 7.21. The minimum Gasteiger partial charge on any atom is -0.422 e. The van der Waals surface area contributed by atoms with E-state index in [4.69, 9.17) is 9.47 Å². The lowest BCUT2D eigenvalue weighted by atomic mass is 9.68. The largest absolute Gasteiger partial charge is 0.422 e. The van der Waals surface area contributed by atoms with Gasteiger partial charge in [0, 0.05) is 19.8 Å². The van der Waals surface area contributed by atoms with Crippen molar-refractivity contribution in [2.24, 2.45) is 5.41 Å². The highest BCUT2D eigenvalue weighted by Crippen LogP contribution is 2.44. The first kappa shape index (κ1) is 18.9. The summed E-state index contributed by atoms with van der Waals surface area (Å²) in [4.78, 5) is 38.7. The zero-order valence-corrected chi connectivity index (χ0v) is 15.5. The molecule has 2 rings (SSSR count). The summed E-state index contributed by atoms with van der Waals surface area (Å²) in [5.74, 6) is -4.48. The molecule has 0 aliphatic carbocycles. The Hall–Kier alpha value is -2.43. The van der Waals surface area contributed by atoms with Gasteiger partial charge in [0.1, 0.15) is 0 Å². The molecule has 1 aliphatic heterocycles. The Morgan fingerprint density at radius 2 is 1.52 bits per heavy atom. The lowest BCUT2D eigenvalue weighted by Gasteiger charge is -2.41. The average molecular weight is 344 g/mol. The molecule has 5 heteroatoms. The van der Waals surface area contributed by atoms with Gasteiger partial charge in [0.15, 0.2) is 5.78 Å². The fourth-order valence-electron chi connectivity index (χ4n) is 2.96. The summed E-state index contributed by atoms with van der Waals surface area (Å²) in [7, 11) is 0. The molecule has 1 saturated heterocycles. The first-order valence-electron chi connectivity index (χ1n) is 8.23. The molecule has 1 aliphatic rings. The standard InChI is InChI=1S/C20H24O5/c1-12(2)11-16(21)20(14(4)15-9-7-13(3)8-10-15)17(22)24-19(5,6)25-18(20)23/h7-11,14H,1-6H3. The van der Waals surface area contributed by atoms with E-state index in [9.17, 15) is 14.4 Å². The van der Waals surface area contributed by atoms with Gasteiger partial charge in [-0.2, -0.15) is 0 Å². The van der Waals surface area contributed by atoms with Crippen LogP contribution < -0.4 is 0 Å². The third-order valence-electron chi connectivity index (χ3n) is 4.36. The third kappa shape index (κ3) is 3.36. The molecule has 0 aromatic heterocycles. The number of carbonyl (C=O) groups is 3. The van der Waals surface area contributed by atoms with E-state index in [1.165, 1.54) is 19.9 Å². The molecule has 134 valence electrons. The summed E-state index contributed by atoms with van der Waals surface area (Å²) in [5.41, 5.74) is 0.373. The van der Waals surface area contributed by atoms with Gasteiger partial charge in [0.25, 0.3) is 5.79 Å². The van der Waals surface area contributed by atoms with Crippen LogP contribution in [0.2, 0.25) is 0 Å². The maximum atomic E-state index is 13.0. The molecule has 0 saturated carbocycles. The van der Waals surface area contributed by atoms with Crippen molar-refractivity contribution in [1.29, 1.82) is 0 Å². The molecule has 1 heterocycles. The number of hydrogen-bond donors (Lipinski definition) is 0. The number of ketones is 1. The average Bonchev–Trinajstić information content (AvgIpc) is 2.45. The van der Waals surface area contributed by atoms with Crippen molar-refractivity contribution in [3.63, 3.8) is 0 Å². The van der Waals surface area contributed by atoms with Crippen LogP contribution in [-0.2, 0) is 23.9 Å². The molecule has 25 heavy (non-hydrogen) atoms. The van der Waals surface area contributed by atoms with E-state index in [0.29, 0.717) is 11.1 Å². The van der Waals surface area contributed by atoms with Gasteiger partial charge in [-0.15, -0.1) is 0 Å². The number of aryl methyl sites for hydroxylation is 1. The molecule has 1 aromatic carbocycles. The number of allylic oxidation sites excluding steroid dienone is 2. The number of benzene rings is 1. The predicted octanol–water partition coefficient (Wildman–Crippen LogP) is 3.46. The summed E-state index contributed by atoms with van der Waals surface area (Å²) in [6.45, 7) is 9.99. The lowest BCUT2D eigenvalue weighted by molar-refractivity contribution is -0.249. The zero-order valence-electron chi connectivity index (χ0n) is 15.5. The van der Waals surface area contributed by atoms with Crippen LogP contribution in [0.1, 0.15) is 51.7 Å². The number of rotatable bonds is 4. The number of cyclic esters (lactones) is 2. The van der Waals surface area contributed by atoms with Crippen molar-refractivity contribution in [3.05, 3.63) is 47.0 Å². The highest BCUT2D eigenvalue weighted by atomic mass is 16.7. The Kier molecular flexibility index (Phi) is 4.89. The van der Waals surface area contributed by atoms with E-state index in [1.54, 1.807) is 32.9 Å².